The van der Waals surface area contributed by atoms with E-state index in [2.05, 4.69) is 5.32 Å². The number of halogens is 1. The Morgan fingerprint density at radius 3 is 2.48 bits per heavy atom. The van der Waals surface area contributed by atoms with Crippen LogP contribution in [0.4, 0.5) is 5.69 Å². The molecule has 0 heterocycles. The highest BCUT2D eigenvalue weighted by Crippen LogP contribution is 2.35. The fourth-order valence-corrected chi connectivity index (χ4v) is 3.24. The van der Waals surface area contributed by atoms with Gasteiger partial charge in [-0.3, -0.25) is 9.59 Å². The molecule has 0 spiro atoms. The number of aliphatic carboxylic acids is 1. The van der Waals surface area contributed by atoms with Gasteiger partial charge in [0.05, 0.1) is 17.0 Å². The van der Waals surface area contributed by atoms with Gasteiger partial charge in [-0.25, -0.2) is 0 Å². The number of anilines is 1. The van der Waals surface area contributed by atoms with Crippen molar-refractivity contribution in [2.24, 2.45) is 5.73 Å². The number of hydrogen-bond donors (Lipinski definition) is 3. The molecule has 1 aromatic carbocycles. The standard InChI is InChI=1S/C15H19ClN2O3/c16-12-8-10(4-5-11(12)14(17)21)18-15(9-13(19)20)6-2-1-3-7-15/h4-5,8,18H,1-3,6-7,9H2,(H2,17,21)(H,19,20). The van der Waals surface area contributed by atoms with Gasteiger partial charge in [0, 0.05) is 11.2 Å². The molecule has 0 radical (unpaired) electrons. The maximum atomic E-state index is 11.2. The lowest BCUT2D eigenvalue weighted by molar-refractivity contribution is -0.138. The summed E-state index contributed by atoms with van der Waals surface area (Å²) in [6.45, 7) is 0. The van der Waals surface area contributed by atoms with Gasteiger partial charge < -0.3 is 16.2 Å². The fraction of sp³-hybridized carbons (Fsp3) is 0.467. The van der Waals surface area contributed by atoms with Gasteiger partial charge in [0.25, 0.3) is 0 Å². The van der Waals surface area contributed by atoms with Gasteiger partial charge in [-0.05, 0) is 31.0 Å². The Balaban J connectivity index is 2.22. The van der Waals surface area contributed by atoms with Crippen LogP contribution in [0.25, 0.3) is 0 Å². The first kappa shape index (κ1) is 15.6. The van der Waals surface area contributed by atoms with Crippen molar-refractivity contribution in [2.45, 2.75) is 44.1 Å². The normalized spacial score (nSPS) is 17.2. The average Bonchev–Trinajstić information content (AvgIpc) is 2.38. The molecule has 0 aliphatic heterocycles. The molecule has 5 nitrogen and oxygen atoms in total. The molecule has 21 heavy (non-hydrogen) atoms. The zero-order chi connectivity index (χ0) is 15.5. The Hall–Kier alpha value is -1.75. The van der Waals surface area contributed by atoms with Crippen molar-refractivity contribution in [1.82, 2.24) is 0 Å². The summed E-state index contributed by atoms with van der Waals surface area (Å²) in [5.41, 5.74) is 5.75. The van der Waals surface area contributed by atoms with Gasteiger partial charge in [0.1, 0.15) is 0 Å². The van der Waals surface area contributed by atoms with Crippen LogP contribution in [0.1, 0.15) is 48.9 Å². The number of carbonyl (C=O) groups is 2. The van der Waals surface area contributed by atoms with E-state index in [0.29, 0.717) is 5.69 Å². The van der Waals surface area contributed by atoms with E-state index in [4.69, 9.17) is 22.4 Å². The van der Waals surface area contributed by atoms with Crippen LogP contribution in [0, 0.1) is 0 Å². The molecule has 114 valence electrons. The third-order valence-corrected chi connectivity index (χ3v) is 4.26. The van der Waals surface area contributed by atoms with Crippen LogP contribution >= 0.6 is 11.6 Å². The van der Waals surface area contributed by atoms with Crippen LogP contribution in [0.3, 0.4) is 0 Å². The maximum absolute atomic E-state index is 11.2. The van der Waals surface area contributed by atoms with Crippen molar-refractivity contribution in [3.05, 3.63) is 28.8 Å². The first-order chi connectivity index (χ1) is 9.92. The molecular weight excluding hydrogens is 292 g/mol. The molecule has 1 fully saturated rings. The number of benzene rings is 1. The van der Waals surface area contributed by atoms with Crippen molar-refractivity contribution < 1.29 is 14.7 Å². The summed E-state index contributed by atoms with van der Waals surface area (Å²) in [5.74, 6) is -1.39. The van der Waals surface area contributed by atoms with E-state index in [0.717, 1.165) is 32.1 Å². The Morgan fingerprint density at radius 1 is 1.29 bits per heavy atom. The largest absolute Gasteiger partial charge is 0.481 e. The number of nitrogens with two attached hydrogens (primary N) is 1. The van der Waals surface area contributed by atoms with Crippen LogP contribution in [0.5, 0.6) is 0 Å². The van der Waals surface area contributed by atoms with Gasteiger partial charge in [-0.15, -0.1) is 0 Å². The molecule has 1 aromatic rings. The van der Waals surface area contributed by atoms with Gasteiger partial charge >= 0.3 is 5.97 Å². The number of carboxylic acids is 1. The lowest BCUT2D eigenvalue weighted by Crippen LogP contribution is -2.42. The van der Waals surface area contributed by atoms with Crippen molar-refractivity contribution >= 4 is 29.2 Å². The lowest BCUT2D eigenvalue weighted by atomic mass is 9.79. The van der Waals surface area contributed by atoms with Gasteiger partial charge in [0.2, 0.25) is 5.91 Å². The first-order valence-corrected chi connectivity index (χ1v) is 7.39. The monoisotopic (exact) mass is 310 g/mol. The smallest absolute Gasteiger partial charge is 0.305 e. The van der Waals surface area contributed by atoms with Crippen molar-refractivity contribution in [2.75, 3.05) is 5.32 Å². The molecule has 4 N–H and O–H groups in total. The average molecular weight is 311 g/mol. The number of amides is 1. The maximum Gasteiger partial charge on any atom is 0.305 e. The second kappa shape index (κ2) is 6.35. The highest BCUT2D eigenvalue weighted by Gasteiger charge is 2.34. The zero-order valence-electron chi connectivity index (χ0n) is 11.7. The van der Waals surface area contributed by atoms with Gasteiger partial charge in [-0.1, -0.05) is 30.9 Å². The molecule has 1 aliphatic rings. The molecule has 6 heteroatoms. The van der Waals surface area contributed by atoms with E-state index in [1.165, 1.54) is 0 Å². The van der Waals surface area contributed by atoms with E-state index >= 15 is 0 Å². The predicted molar refractivity (Wildman–Crippen MR) is 81.7 cm³/mol. The minimum absolute atomic E-state index is 0.0716. The summed E-state index contributed by atoms with van der Waals surface area (Å²) in [5, 5.41) is 12.7. The third kappa shape index (κ3) is 3.88. The highest BCUT2D eigenvalue weighted by molar-refractivity contribution is 6.34. The lowest BCUT2D eigenvalue weighted by Gasteiger charge is -2.38. The van der Waals surface area contributed by atoms with Gasteiger partial charge in [-0.2, -0.15) is 0 Å². The number of rotatable bonds is 5. The molecular formula is C15H19ClN2O3. The van der Waals surface area contributed by atoms with Crippen molar-refractivity contribution in [3.8, 4) is 0 Å². The SMILES string of the molecule is NC(=O)c1ccc(NC2(CC(=O)O)CCCCC2)cc1Cl. The Bertz CT molecular complexity index is 554. The number of hydrogen-bond acceptors (Lipinski definition) is 3. The summed E-state index contributed by atoms with van der Waals surface area (Å²) in [4.78, 5) is 22.3. The third-order valence-electron chi connectivity index (χ3n) is 3.94. The van der Waals surface area contributed by atoms with Crippen LogP contribution in [0.2, 0.25) is 5.02 Å². The fourth-order valence-electron chi connectivity index (χ4n) is 2.96. The molecule has 0 unspecified atom stereocenters. The Labute approximate surface area is 128 Å². The van der Waals surface area contributed by atoms with Gasteiger partial charge in [0.15, 0.2) is 0 Å². The van der Waals surface area contributed by atoms with Crippen LogP contribution < -0.4 is 11.1 Å². The topological polar surface area (TPSA) is 92.4 Å². The molecule has 1 aliphatic carbocycles. The summed E-state index contributed by atoms with van der Waals surface area (Å²) in [7, 11) is 0. The summed E-state index contributed by atoms with van der Waals surface area (Å²) in [6, 6.07) is 4.90. The van der Waals surface area contributed by atoms with E-state index < -0.39 is 17.4 Å². The second-order valence-electron chi connectivity index (χ2n) is 5.60. The van der Waals surface area contributed by atoms with Crippen LogP contribution in [0.15, 0.2) is 18.2 Å². The molecule has 2 rings (SSSR count). The molecule has 0 bridgehead atoms. The van der Waals surface area contributed by atoms with E-state index in [1.807, 2.05) is 0 Å². The minimum atomic E-state index is -0.816. The zero-order valence-corrected chi connectivity index (χ0v) is 12.4. The number of carbonyl (C=O) groups excluding carboxylic acids is 1. The molecule has 0 saturated heterocycles. The summed E-state index contributed by atoms with van der Waals surface area (Å²) < 4.78 is 0. The second-order valence-corrected chi connectivity index (χ2v) is 6.00. The number of primary amides is 1. The molecule has 0 atom stereocenters. The number of nitrogens with one attached hydrogen (secondary N) is 1. The van der Waals surface area contributed by atoms with Crippen molar-refractivity contribution in [1.29, 1.82) is 0 Å². The number of carboxylic acid groups (broad SMARTS) is 1. The van der Waals surface area contributed by atoms with Crippen molar-refractivity contribution in [3.63, 3.8) is 0 Å². The first-order valence-electron chi connectivity index (χ1n) is 7.01. The molecule has 1 saturated carbocycles. The molecule has 0 aromatic heterocycles. The van der Waals surface area contributed by atoms with Crippen LogP contribution in [-0.2, 0) is 4.79 Å². The molecule has 1 amide bonds. The Morgan fingerprint density at radius 2 is 1.95 bits per heavy atom. The van der Waals surface area contributed by atoms with Crippen LogP contribution in [-0.4, -0.2) is 22.5 Å². The highest BCUT2D eigenvalue weighted by atomic mass is 35.5. The summed E-state index contributed by atoms with van der Waals surface area (Å²) in [6.07, 6.45) is 4.84. The summed E-state index contributed by atoms with van der Waals surface area (Å²) >= 11 is 6.04. The van der Waals surface area contributed by atoms with E-state index in [9.17, 15) is 9.59 Å². The minimum Gasteiger partial charge on any atom is -0.481 e. The van der Waals surface area contributed by atoms with E-state index in [1.54, 1.807) is 18.2 Å². The quantitative estimate of drug-likeness (QED) is 0.779. The predicted octanol–water partition coefficient (Wildman–Crippen LogP) is 3.03. The van der Waals surface area contributed by atoms with E-state index in [-0.39, 0.29) is 17.0 Å². The Kier molecular flexibility index (Phi) is 4.73.